The van der Waals surface area contributed by atoms with Gasteiger partial charge in [-0.05, 0) is 84.4 Å². The van der Waals surface area contributed by atoms with Gasteiger partial charge in [0.2, 0.25) is 5.91 Å². The Balaban J connectivity index is 0.00000560. The van der Waals surface area contributed by atoms with E-state index in [9.17, 15) is 9.59 Å². The lowest BCUT2D eigenvalue weighted by Gasteiger charge is -2.44. The number of ether oxygens (including phenoxy) is 2. The monoisotopic (exact) mass is 613 g/mol. The normalized spacial score (nSPS) is 17.5. The molecule has 40 heavy (non-hydrogen) atoms. The highest BCUT2D eigenvalue weighted by Crippen LogP contribution is 2.37. The number of benzene rings is 2. The minimum Gasteiger partial charge on any atom is -0.444 e. The van der Waals surface area contributed by atoms with Crippen LogP contribution in [0.25, 0.3) is 0 Å². The summed E-state index contributed by atoms with van der Waals surface area (Å²) in [7, 11) is 0. The summed E-state index contributed by atoms with van der Waals surface area (Å²) < 4.78 is 11.6. The van der Waals surface area contributed by atoms with Gasteiger partial charge in [-0.15, -0.1) is 0 Å². The van der Waals surface area contributed by atoms with Crippen LogP contribution in [-0.4, -0.2) is 59.9 Å². The maximum absolute atomic E-state index is 14.0. The first-order chi connectivity index (χ1) is 18.0. The number of nitrogens with one attached hydrogen (secondary N) is 1. The third-order valence-corrected chi connectivity index (χ3v) is 6.90. The van der Waals surface area contributed by atoms with Crippen molar-refractivity contribution < 1.29 is 19.1 Å². The van der Waals surface area contributed by atoms with E-state index < -0.39 is 29.4 Å². The van der Waals surface area contributed by atoms with E-state index in [1.807, 2.05) is 51.1 Å². The Morgan fingerprint density at radius 1 is 0.925 bits per heavy atom. The minimum atomic E-state index is -0.949. The number of alkyl carbamates (subject to hydrolysis) is 1. The second kappa shape index (κ2) is 13.6. The summed E-state index contributed by atoms with van der Waals surface area (Å²) in [5, 5.41) is 4.46. The fraction of sp³-hybridized carbons (Fsp3) is 0.533. The average molecular weight is 615 g/mol. The lowest BCUT2D eigenvalue weighted by Crippen LogP contribution is -2.60. The lowest BCUT2D eigenvalue weighted by molar-refractivity contribution is -0.142. The molecule has 2 amide bonds. The molecule has 0 saturated carbocycles. The zero-order valence-corrected chi connectivity index (χ0v) is 25.8. The Morgan fingerprint density at radius 2 is 1.52 bits per heavy atom. The topological polar surface area (TPSA) is 71.1 Å². The number of anilines is 1. The van der Waals surface area contributed by atoms with Crippen molar-refractivity contribution in [1.29, 1.82) is 0 Å². The van der Waals surface area contributed by atoms with Crippen molar-refractivity contribution in [2.75, 3.05) is 24.5 Å². The third kappa shape index (κ3) is 9.44. The van der Waals surface area contributed by atoms with Gasteiger partial charge in [-0.3, -0.25) is 4.79 Å². The molecule has 0 aromatic heterocycles. The van der Waals surface area contributed by atoms with Crippen molar-refractivity contribution in [3.8, 4) is 0 Å². The smallest absolute Gasteiger partial charge is 0.408 e. The molecule has 1 aliphatic heterocycles. The zero-order valence-electron chi connectivity index (χ0n) is 23.6. The molecule has 0 aliphatic carbocycles. The quantitative estimate of drug-likeness (QED) is 0.360. The van der Waals surface area contributed by atoms with E-state index in [0.29, 0.717) is 34.7 Å². The van der Waals surface area contributed by atoms with Crippen LogP contribution in [0.3, 0.4) is 0 Å². The highest BCUT2D eigenvalue weighted by molar-refractivity contribution is 6.36. The molecule has 1 saturated heterocycles. The summed E-state index contributed by atoms with van der Waals surface area (Å²) in [6, 6.07) is 11.8. The van der Waals surface area contributed by atoms with Gasteiger partial charge in [0.25, 0.3) is 0 Å². The standard InChI is InChI=1S/C29H38Cl3N3O4.CH4/c1-18(38-28(2,3)4)25(33-27(37)39-29(5,6)7)26(36)34-14-15-35(23-13-12-21(31)16-22(23)32)24(17-34)19-8-10-20(30)11-9-19;/h8-13,16,18,24-25H,14-15,17H2,1-7H3,(H,33,37);1H4/t18-,24+,25+;/m1./s1. The highest BCUT2D eigenvalue weighted by atomic mass is 35.5. The van der Waals surface area contributed by atoms with E-state index in [-0.39, 0.29) is 19.4 Å². The Morgan fingerprint density at radius 3 is 2.08 bits per heavy atom. The molecule has 1 N–H and O–H groups in total. The predicted octanol–water partition coefficient (Wildman–Crippen LogP) is 7.77. The molecule has 3 rings (SSSR count). The highest BCUT2D eigenvalue weighted by Gasteiger charge is 2.39. The van der Waals surface area contributed by atoms with Crippen LogP contribution >= 0.6 is 34.8 Å². The predicted molar refractivity (Wildman–Crippen MR) is 165 cm³/mol. The van der Waals surface area contributed by atoms with E-state index >= 15 is 0 Å². The van der Waals surface area contributed by atoms with E-state index in [4.69, 9.17) is 44.3 Å². The number of carbonyl (C=O) groups is 2. The van der Waals surface area contributed by atoms with Gasteiger partial charge >= 0.3 is 6.09 Å². The molecule has 0 bridgehead atoms. The van der Waals surface area contributed by atoms with Gasteiger partial charge in [0.05, 0.1) is 28.5 Å². The Labute approximate surface area is 254 Å². The van der Waals surface area contributed by atoms with Gasteiger partial charge in [0.1, 0.15) is 11.6 Å². The molecule has 0 spiro atoms. The maximum atomic E-state index is 14.0. The SMILES string of the molecule is C.C[C@@H](OC(C)(C)C)[C@H](NC(=O)OC(C)(C)C)C(=O)N1CCN(c2ccc(Cl)cc2Cl)[C@H](c2ccc(Cl)cc2)C1. The molecule has 7 nitrogen and oxygen atoms in total. The van der Waals surface area contributed by atoms with Crippen molar-refractivity contribution in [3.63, 3.8) is 0 Å². The molecular weight excluding hydrogens is 573 g/mol. The molecule has 2 aromatic rings. The van der Waals surface area contributed by atoms with Gasteiger partial charge < -0.3 is 24.6 Å². The zero-order chi connectivity index (χ0) is 29.1. The second-order valence-electron chi connectivity index (χ2n) is 11.7. The van der Waals surface area contributed by atoms with Crippen molar-refractivity contribution in [2.45, 2.75) is 85.3 Å². The molecule has 0 unspecified atom stereocenters. The molecule has 10 heteroatoms. The van der Waals surface area contributed by atoms with Crippen LogP contribution < -0.4 is 10.2 Å². The first kappa shape index (κ1) is 34.0. The first-order valence-corrected chi connectivity index (χ1v) is 14.1. The average Bonchev–Trinajstić information content (AvgIpc) is 2.80. The van der Waals surface area contributed by atoms with Gasteiger partial charge in [-0.25, -0.2) is 4.79 Å². The molecule has 1 aliphatic rings. The van der Waals surface area contributed by atoms with E-state index in [0.717, 1.165) is 11.3 Å². The van der Waals surface area contributed by atoms with Crippen LogP contribution in [0.5, 0.6) is 0 Å². The molecule has 3 atom stereocenters. The number of halogens is 3. The van der Waals surface area contributed by atoms with Crippen molar-refractivity contribution in [3.05, 3.63) is 63.1 Å². The fourth-order valence-electron chi connectivity index (χ4n) is 4.59. The molecule has 222 valence electrons. The fourth-order valence-corrected chi connectivity index (χ4v) is 5.24. The van der Waals surface area contributed by atoms with Crippen LogP contribution in [0.4, 0.5) is 10.5 Å². The van der Waals surface area contributed by atoms with Crippen LogP contribution in [-0.2, 0) is 14.3 Å². The number of hydrogen-bond donors (Lipinski definition) is 1. The van der Waals surface area contributed by atoms with Crippen molar-refractivity contribution in [2.24, 2.45) is 0 Å². The van der Waals surface area contributed by atoms with Crippen molar-refractivity contribution in [1.82, 2.24) is 10.2 Å². The number of amides is 2. The number of nitrogens with zero attached hydrogens (tertiary/aromatic N) is 2. The Bertz CT molecular complexity index is 1160. The van der Waals surface area contributed by atoms with Gasteiger partial charge in [0.15, 0.2) is 0 Å². The molecular formula is C30H42Cl3N3O4. The number of piperazine rings is 1. The van der Waals surface area contributed by atoms with Gasteiger partial charge in [-0.1, -0.05) is 54.4 Å². The summed E-state index contributed by atoms with van der Waals surface area (Å²) in [5.74, 6) is -0.251. The molecule has 1 fully saturated rings. The van der Waals surface area contributed by atoms with Gasteiger partial charge in [0, 0.05) is 29.7 Å². The van der Waals surface area contributed by atoms with Gasteiger partial charge in [-0.2, -0.15) is 0 Å². The van der Waals surface area contributed by atoms with E-state index in [1.54, 1.807) is 44.7 Å². The third-order valence-electron chi connectivity index (χ3n) is 6.11. The largest absolute Gasteiger partial charge is 0.444 e. The minimum absolute atomic E-state index is 0. The van der Waals surface area contributed by atoms with E-state index in [2.05, 4.69) is 10.2 Å². The maximum Gasteiger partial charge on any atom is 0.408 e. The molecule has 1 heterocycles. The van der Waals surface area contributed by atoms with Crippen LogP contribution in [0.2, 0.25) is 15.1 Å². The summed E-state index contributed by atoms with van der Waals surface area (Å²) in [5.41, 5.74) is 0.554. The lowest BCUT2D eigenvalue weighted by atomic mass is 10.00. The van der Waals surface area contributed by atoms with Crippen LogP contribution in [0.1, 0.15) is 67.5 Å². The summed E-state index contributed by atoms with van der Waals surface area (Å²) in [6.07, 6.45) is -1.28. The first-order valence-electron chi connectivity index (χ1n) is 13.0. The second-order valence-corrected chi connectivity index (χ2v) is 13.0. The summed E-state index contributed by atoms with van der Waals surface area (Å²) in [6.45, 7) is 14.1. The Hall–Kier alpha value is -2.19. The number of hydrogen-bond acceptors (Lipinski definition) is 5. The summed E-state index contributed by atoms with van der Waals surface area (Å²) in [4.78, 5) is 30.7. The molecule has 0 radical (unpaired) electrons. The van der Waals surface area contributed by atoms with Crippen LogP contribution in [0.15, 0.2) is 42.5 Å². The Kier molecular flexibility index (Phi) is 11.6. The van der Waals surface area contributed by atoms with Crippen LogP contribution in [0, 0.1) is 0 Å². The van der Waals surface area contributed by atoms with E-state index in [1.165, 1.54) is 0 Å². The molecule has 2 aromatic carbocycles. The summed E-state index contributed by atoms with van der Waals surface area (Å²) >= 11 is 18.9. The number of rotatable bonds is 6. The number of carbonyl (C=O) groups excluding carboxylic acids is 2. The van der Waals surface area contributed by atoms with Crippen molar-refractivity contribution >= 4 is 52.5 Å².